The second-order valence-corrected chi connectivity index (χ2v) is 5.31. The van der Waals surface area contributed by atoms with Crippen LogP contribution in [-0.4, -0.2) is 41.6 Å². The van der Waals surface area contributed by atoms with Crippen molar-refractivity contribution in [2.24, 2.45) is 0 Å². The second kappa shape index (κ2) is 5.79. The standard InChI is InChI=1S/C15H13FN2O5/c16-8-5-9-10(12(6-8)23-4-3-19)7-18(15(9)22)11-1-2-13(20)17-14(11)21/h3,5-6,11H,1-2,4,7H2,(H,17,20,21). The highest BCUT2D eigenvalue weighted by atomic mass is 19.1. The fourth-order valence-electron chi connectivity index (χ4n) is 2.85. The Morgan fingerprint density at radius 3 is 2.83 bits per heavy atom. The first kappa shape index (κ1) is 15.1. The molecule has 0 aromatic heterocycles. The van der Waals surface area contributed by atoms with Crippen LogP contribution < -0.4 is 10.1 Å². The third-order valence-corrected chi connectivity index (χ3v) is 3.89. The van der Waals surface area contributed by atoms with E-state index in [1.54, 1.807) is 0 Å². The minimum absolute atomic E-state index is 0.0644. The molecule has 23 heavy (non-hydrogen) atoms. The highest BCUT2D eigenvalue weighted by molar-refractivity contribution is 6.05. The van der Waals surface area contributed by atoms with Crippen LogP contribution in [0, 0.1) is 5.82 Å². The van der Waals surface area contributed by atoms with Gasteiger partial charge in [0, 0.05) is 18.1 Å². The van der Waals surface area contributed by atoms with Crippen LogP contribution in [-0.2, 0) is 20.9 Å². The first-order chi connectivity index (χ1) is 11.0. The van der Waals surface area contributed by atoms with Gasteiger partial charge in [0.15, 0.2) is 6.29 Å². The maximum absolute atomic E-state index is 13.7. The number of amides is 3. The summed E-state index contributed by atoms with van der Waals surface area (Å²) in [7, 11) is 0. The maximum atomic E-state index is 13.7. The van der Waals surface area contributed by atoms with E-state index in [0.717, 1.165) is 12.1 Å². The van der Waals surface area contributed by atoms with E-state index >= 15 is 0 Å². The summed E-state index contributed by atoms with van der Waals surface area (Å²) in [6.45, 7) is -0.197. The van der Waals surface area contributed by atoms with E-state index in [-0.39, 0.29) is 43.2 Å². The lowest BCUT2D eigenvalue weighted by atomic mass is 10.0. The molecule has 0 radical (unpaired) electrons. The summed E-state index contributed by atoms with van der Waals surface area (Å²) in [5, 5.41) is 2.19. The lowest BCUT2D eigenvalue weighted by Crippen LogP contribution is -2.52. The van der Waals surface area contributed by atoms with E-state index in [2.05, 4.69) is 5.32 Å². The summed E-state index contributed by atoms with van der Waals surface area (Å²) < 4.78 is 18.8. The summed E-state index contributed by atoms with van der Waals surface area (Å²) in [4.78, 5) is 47.3. The van der Waals surface area contributed by atoms with Gasteiger partial charge < -0.3 is 9.64 Å². The van der Waals surface area contributed by atoms with Crippen molar-refractivity contribution in [1.29, 1.82) is 0 Å². The fraction of sp³-hybridized carbons (Fsp3) is 0.333. The van der Waals surface area contributed by atoms with E-state index < -0.39 is 23.7 Å². The molecule has 3 rings (SSSR count). The number of hydrogen-bond acceptors (Lipinski definition) is 5. The van der Waals surface area contributed by atoms with Gasteiger partial charge in [0.25, 0.3) is 5.91 Å². The molecule has 1 fully saturated rings. The number of piperidine rings is 1. The van der Waals surface area contributed by atoms with Crippen LogP contribution in [0.1, 0.15) is 28.8 Å². The Bertz CT molecular complexity index is 718. The molecule has 2 aliphatic heterocycles. The van der Waals surface area contributed by atoms with Gasteiger partial charge in [-0.15, -0.1) is 0 Å². The van der Waals surface area contributed by atoms with Crippen molar-refractivity contribution in [3.8, 4) is 5.75 Å². The largest absolute Gasteiger partial charge is 0.486 e. The Labute approximate surface area is 130 Å². The van der Waals surface area contributed by atoms with Crippen molar-refractivity contribution in [1.82, 2.24) is 10.2 Å². The molecule has 1 aromatic carbocycles. The SMILES string of the molecule is O=CCOc1cc(F)cc2c1CN(C1CCC(=O)NC1=O)C2=O. The number of benzene rings is 1. The minimum atomic E-state index is -0.783. The van der Waals surface area contributed by atoms with Gasteiger partial charge in [-0.1, -0.05) is 0 Å². The quantitative estimate of drug-likeness (QED) is 0.630. The minimum Gasteiger partial charge on any atom is -0.486 e. The predicted octanol–water partition coefficient (Wildman–Crippen LogP) is 0.164. The molecule has 0 aliphatic carbocycles. The van der Waals surface area contributed by atoms with Gasteiger partial charge in [0.05, 0.1) is 12.1 Å². The Morgan fingerprint density at radius 2 is 2.13 bits per heavy atom. The van der Waals surface area contributed by atoms with Crippen molar-refractivity contribution in [2.45, 2.75) is 25.4 Å². The Balaban J connectivity index is 1.90. The first-order valence-corrected chi connectivity index (χ1v) is 7.04. The Hall–Kier alpha value is -2.77. The number of nitrogens with one attached hydrogen (secondary N) is 1. The number of hydrogen-bond donors (Lipinski definition) is 1. The number of nitrogens with zero attached hydrogens (tertiary/aromatic N) is 1. The van der Waals surface area contributed by atoms with Crippen molar-refractivity contribution in [2.75, 3.05) is 6.61 Å². The average Bonchev–Trinajstić information content (AvgIpc) is 2.82. The molecule has 0 bridgehead atoms. The van der Waals surface area contributed by atoms with Gasteiger partial charge in [0.2, 0.25) is 11.8 Å². The lowest BCUT2D eigenvalue weighted by Gasteiger charge is -2.29. The molecule has 0 spiro atoms. The first-order valence-electron chi connectivity index (χ1n) is 7.04. The van der Waals surface area contributed by atoms with Crippen LogP contribution in [0.4, 0.5) is 4.39 Å². The molecule has 1 saturated heterocycles. The number of fused-ring (bicyclic) bond motifs is 1. The summed E-state index contributed by atoms with van der Waals surface area (Å²) in [6, 6.07) is 1.40. The van der Waals surface area contributed by atoms with E-state index in [4.69, 9.17) is 4.74 Å². The van der Waals surface area contributed by atoms with Crippen LogP contribution in [0.5, 0.6) is 5.75 Å². The van der Waals surface area contributed by atoms with Gasteiger partial charge in [-0.2, -0.15) is 0 Å². The summed E-state index contributed by atoms with van der Waals surface area (Å²) >= 11 is 0. The average molecular weight is 320 g/mol. The highest BCUT2D eigenvalue weighted by Gasteiger charge is 2.40. The highest BCUT2D eigenvalue weighted by Crippen LogP contribution is 2.34. The summed E-state index contributed by atoms with van der Waals surface area (Å²) in [6.07, 6.45) is 0.878. The van der Waals surface area contributed by atoms with Crippen LogP contribution in [0.15, 0.2) is 12.1 Å². The van der Waals surface area contributed by atoms with Crippen molar-refractivity contribution >= 4 is 24.0 Å². The molecular formula is C15H13FN2O5. The van der Waals surface area contributed by atoms with Gasteiger partial charge in [-0.25, -0.2) is 4.39 Å². The molecule has 3 amide bonds. The van der Waals surface area contributed by atoms with Crippen molar-refractivity contribution in [3.05, 3.63) is 29.1 Å². The van der Waals surface area contributed by atoms with Crippen LogP contribution >= 0.6 is 0 Å². The number of imide groups is 1. The maximum Gasteiger partial charge on any atom is 0.255 e. The molecule has 8 heteroatoms. The number of carbonyl (C=O) groups is 4. The molecule has 0 saturated carbocycles. The van der Waals surface area contributed by atoms with E-state index in [1.807, 2.05) is 0 Å². The monoisotopic (exact) mass is 320 g/mol. The normalized spacial score (nSPS) is 20.3. The van der Waals surface area contributed by atoms with Gasteiger partial charge in [-0.3, -0.25) is 24.5 Å². The Kier molecular flexibility index (Phi) is 3.81. The van der Waals surface area contributed by atoms with E-state index in [1.165, 1.54) is 4.90 Å². The van der Waals surface area contributed by atoms with Crippen LogP contribution in [0.3, 0.4) is 0 Å². The lowest BCUT2D eigenvalue weighted by molar-refractivity contribution is -0.136. The zero-order chi connectivity index (χ0) is 16.6. The molecular weight excluding hydrogens is 307 g/mol. The Morgan fingerprint density at radius 1 is 1.35 bits per heavy atom. The third kappa shape index (κ3) is 2.67. The molecule has 1 aromatic rings. The number of carbonyl (C=O) groups excluding carboxylic acids is 4. The molecule has 120 valence electrons. The van der Waals surface area contributed by atoms with Crippen LogP contribution in [0.2, 0.25) is 0 Å². The number of rotatable bonds is 4. The molecule has 1 N–H and O–H groups in total. The fourth-order valence-corrected chi connectivity index (χ4v) is 2.85. The zero-order valence-electron chi connectivity index (χ0n) is 12.0. The van der Waals surface area contributed by atoms with E-state index in [9.17, 15) is 23.6 Å². The number of halogens is 1. The van der Waals surface area contributed by atoms with Crippen LogP contribution in [0.25, 0.3) is 0 Å². The summed E-state index contributed by atoms with van der Waals surface area (Å²) in [5.41, 5.74) is 0.540. The predicted molar refractivity (Wildman–Crippen MR) is 74.0 cm³/mol. The van der Waals surface area contributed by atoms with Gasteiger partial charge in [-0.05, 0) is 12.5 Å². The zero-order valence-corrected chi connectivity index (χ0v) is 12.0. The molecule has 1 unspecified atom stereocenters. The third-order valence-electron chi connectivity index (χ3n) is 3.89. The molecule has 2 aliphatic rings. The van der Waals surface area contributed by atoms with Gasteiger partial charge in [0.1, 0.15) is 24.2 Å². The van der Waals surface area contributed by atoms with Crippen molar-refractivity contribution < 1.29 is 28.3 Å². The number of ether oxygens (including phenoxy) is 1. The molecule has 1 atom stereocenters. The van der Waals surface area contributed by atoms with Crippen molar-refractivity contribution in [3.63, 3.8) is 0 Å². The van der Waals surface area contributed by atoms with Gasteiger partial charge >= 0.3 is 0 Å². The summed E-state index contributed by atoms with van der Waals surface area (Å²) in [5.74, 6) is -1.97. The smallest absolute Gasteiger partial charge is 0.255 e. The molecule has 2 heterocycles. The number of aldehydes is 1. The van der Waals surface area contributed by atoms with E-state index in [0.29, 0.717) is 11.8 Å². The molecule has 7 nitrogen and oxygen atoms in total. The second-order valence-electron chi connectivity index (χ2n) is 5.31. The topological polar surface area (TPSA) is 92.8 Å².